The van der Waals surface area contributed by atoms with Crippen molar-refractivity contribution in [1.82, 2.24) is 0 Å². The smallest absolute Gasteiger partial charge is 0.306 e. The van der Waals surface area contributed by atoms with Crippen molar-refractivity contribution in [1.29, 1.82) is 0 Å². The Morgan fingerprint density at radius 2 is 1.50 bits per heavy atom. The van der Waals surface area contributed by atoms with Crippen molar-refractivity contribution in [3.8, 4) is 0 Å². The lowest BCUT2D eigenvalue weighted by Gasteiger charge is -2.70. The van der Waals surface area contributed by atoms with Gasteiger partial charge < -0.3 is 19.7 Å². The molecule has 4 aliphatic rings. The summed E-state index contributed by atoms with van der Waals surface area (Å²) in [4.78, 5) is 12.9. The highest BCUT2D eigenvalue weighted by molar-refractivity contribution is 5.69. The number of carbonyl (C=O) groups is 1. The van der Waals surface area contributed by atoms with Crippen molar-refractivity contribution < 1.29 is 24.5 Å². The molecule has 10 atom stereocenters. The van der Waals surface area contributed by atoms with Gasteiger partial charge in [0.25, 0.3) is 0 Å². The Hall–Kier alpha value is -0.650. The van der Waals surface area contributed by atoms with Gasteiger partial charge in [0.1, 0.15) is 6.10 Å². The maximum absolute atomic E-state index is 12.9. The van der Waals surface area contributed by atoms with Gasteiger partial charge in [0.2, 0.25) is 0 Å². The van der Waals surface area contributed by atoms with E-state index in [-0.39, 0.29) is 51.2 Å². The summed E-state index contributed by atoms with van der Waals surface area (Å²) in [6.45, 7) is 20.7. The molecule has 44 heavy (non-hydrogen) atoms. The number of carbonyl (C=O) groups excluding carboxylic acids is 1. The van der Waals surface area contributed by atoms with Crippen LogP contribution in [0.5, 0.6) is 0 Å². The van der Waals surface area contributed by atoms with Crippen molar-refractivity contribution in [2.75, 3.05) is 7.11 Å². The third kappa shape index (κ3) is 6.43. The van der Waals surface area contributed by atoms with Crippen molar-refractivity contribution >= 4 is 5.97 Å². The van der Waals surface area contributed by atoms with Crippen LogP contribution >= 0.6 is 0 Å². The lowest BCUT2D eigenvalue weighted by atomic mass is 9.35. The summed E-state index contributed by atoms with van der Waals surface area (Å²) >= 11 is 0. The number of aliphatic hydroxyl groups is 2. The average molecular weight is 619 g/mol. The molecule has 0 amide bonds. The van der Waals surface area contributed by atoms with Gasteiger partial charge in [0, 0.05) is 18.9 Å². The molecule has 4 aliphatic carbocycles. The number of ether oxygens (including phenoxy) is 2. The quantitative estimate of drug-likeness (QED) is 0.159. The maximum Gasteiger partial charge on any atom is 0.306 e. The van der Waals surface area contributed by atoms with Crippen molar-refractivity contribution in [2.45, 2.75) is 188 Å². The molecular weight excluding hydrogens is 548 g/mol. The molecule has 0 spiro atoms. The van der Waals surface area contributed by atoms with Crippen molar-refractivity contribution in [3.05, 3.63) is 0 Å². The van der Waals surface area contributed by atoms with Gasteiger partial charge in [-0.3, -0.25) is 4.79 Å². The number of esters is 1. The third-order valence-corrected chi connectivity index (χ3v) is 14.9. The maximum atomic E-state index is 12.9. The van der Waals surface area contributed by atoms with Gasteiger partial charge in [-0.25, -0.2) is 0 Å². The van der Waals surface area contributed by atoms with Crippen molar-refractivity contribution in [2.24, 2.45) is 45.3 Å². The zero-order chi connectivity index (χ0) is 32.8. The minimum Gasteiger partial charge on any atom is -0.462 e. The highest BCUT2D eigenvalue weighted by Crippen LogP contribution is 2.76. The first kappa shape index (κ1) is 36.2. The average Bonchev–Trinajstić information content (AvgIpc) is 3.32. The minimum atomic E-state index is -0.794. The van der Waals surface area contributed by atoms with Crippen LogP contribution in [0.15, 0.2) is 0 Å². The Bertz CT molecular complexity index is 987. The topological polar surface area (TPSA) is 76.0 Å². The molecule has 0 bridgehead atoms. The minimum absolute atomic E-state index is 0.00496. The molecule has 0 aliphatic heterocycles. The van der Waals surface area contributed by atoms with Crippen LogP contribution in [0.3, 0.4) is 0 Å². The van der Waals surface area contributed by atoms with Gasteiger partial charge in [-0.1, -0.05) is 67.2 Å². The molecule has 2 N–H and O–H groups in total. The summed E-state index contributed by atoms with van der Waals surface area (Å²) in [7, 11) is 1.77. The molecule has 0 radical (unpaired) electrons. The summed E-state index contributed by atoms with van der Waals surface area (Å²) in [5.74, 6) is 1.11. The molecule has 5 heteroatoms. The fourth-order valence-electron chi connectivity index (χ4n) is 11.9. The van der Waals surface area contributed by atoms with E-state index in [0.29, 0.717) is 18.3 Å². The van der Waals surface area contributed by atoms with Gasteiger partial charge in [0.05, 0.1) is 17.3 Å². The summed E-state index contributed by atoms with van der Waals surface area (Å²) in [5, 5.41) is 24.0. The van der Waals surface area contributed by atoms with Crippen LogP contribution in [-0.2, 0) is 14.3 Å². The molecule has 4 fully saturated rings. The normalized spacial score (nSPS) is 41.3. The number of methoxy groups -OCH3 is 1. The molecule has 0 heterocycles. The van der Waals surface area contributed by atoms with E-state index in [4.69, 9.17) is 9.47 Å². The zero-order valence-corrected chi connectivity index (χ0v) is 30.4. The van der Waals surface area contributed by atoms with E-state index < -0.39 is 11.7 Å². The molecule has 0 saturated heterocycles. The second-order valence-electron chi connectivity index (χ2n) is 18.1. The van der Waals surface area contributed by atoms with Crippen LogP contribution in [0.1, 0.15) is 165 Å². The summed E-state index contributed by atoms with van der Waals surface area (Å²) in [5.41, 5.74) is -0.859. The molecule has 5 nitrogen and oxygen atoms in total. The van der Waals surface area contributed by atoms with Crippen LogP contribution in [-0.4, -0.2) is 46.7 Å². The molecule has 0 aromatic heterocycles. The van der Waals surface area contributed by atoms with E-state index in [0.717, 1.165) is 77.0 Å². The second kappa shape index (κ2) is 13.1. The lowest BCUT2D eigenvalue weighted by molar-refractivity contribution is -0.249. The van der Waals surface area contributed by atoms with Crippen LogP contribution in [0.25, 0.3) is 0 Å². The number of hydrogen-bond acceptors (Lipinski definition) is 5. The molecule has 0 unspecified atom stereocenters. The number of fused-ring (bicyclic) bond motifs is 5. The highest BCUT2D eigenvalue weighted by Gasteiger charge is 2.71. The fraction of sp³-hybridized carbons (Fsp3) is 0.974. The zero-order valence-electron chi connectivity index (χ0n) is 30.4. The van der Waals surface area contributed by atoms with E-state index in [9.17, 15) is 15.0 Å². The highest BCUT2D eigenvalue weighted by atomic mass is 16.5. The van der Waals surface area contributed by atoms with E-state index in [1.54, 1.807) is 7.11 Å². The Labute approximate surface area is 271 Å². The van der Waals surface area contributed by atoms with E-state index in [2.05, 4.69) is 55.4 Å². The molecular formula is C39H70O5. The largest absolute Gasteiger partial charge is 0.462 e. The summed E-state index contributed by atoms with van der Waals surface area (Å²) in [6.07, 6.45) is 15.6. The SMILES string of the molecule is CCCCCCCC(=O)O[C@H]1CC[C@]2(C)[C@H]3C[C@@H](O)[C@@H]4[C@@H]([C@](C)(O)CCCC(C)(C)OC)CC[C@@]4(C)[C@]3(C)CC[C@H]2C1(C)C. The number of hydrogen-bond donors (Lipinski definition) is 2. The third-order valence-electron chi connectivity index (χ3n) is 14.9. The predicted molar refractivity (Wildman–Crippen MR) is 179 cm³/mol. The molecule has 256 valence electrons. The number of rotatable bonds is 13. The lowest BCUT2D eigenvalue weighted by Crippen LogP contribution is -2.66. The Balaban J connectivity index is 1.48. The van der Waals surface area contributed by atoms with Crippen LogP contribution in [0.4, 0.5) is 0 Å². The first-order chi connectivity index (χ1) is 20.4. The van der Waals surface area contributed by atoms with Gasteiger partial charge in [-0.05, 0) is 131 Å². The van der Waals surface area contributed by atoms with Gasteiger partial charge in [-0.2, -0.15) is 0 Å². The number of unbranched alkanes of at least 4 members (excludes halogenated alkanes) is 4. The van der Waals surface area contributed by atoms with E-state index >= 15 is 0 Å². The molecule has 4 saturated carbocycles. The predicted octanol–water partition coefficient (Wildman–Crippen LogP) is 9.26. The standard InChI is InChI=1S/C39H70O5/c1-11-12-13-14-15-17-32(41)44-31-20-23-36(6)29(35(31,4)5)19-25-37(7)30(36)26-28(40)33-27(18-24-38(33,37)8)39(9,42)22-16-21-34(2,3)43-10/h27-31,33,40,42H,11-26H2,1-10H3/t27-,28+,29-,30+,31-,33-,36-,37+,38+,39+/m0/s1. The van der Waals surface area contributed by atoms with Crippen LogP contribution in [0, 0.1) is 45.3 Å². The summed E-state index contributed by atoms with van der Waals surface area (Å²) < 4.78 is 11.9. The first-order valence-electron chi connectivity index (χ1n) is 18.5. The number of aliphatic hydroxyl groups excluding tert-OH is 1. The van der Waals surface area contributed by atoms with Crippen molar-refractivity contribution in [3.63, 3.8) is 0 Å². The first-order valence-corrected chi connectivity index (χ1v) is 18.5. The van der Waals surface area contributed by atoms with E-state index in [1.807, 2.05) is 6.92 Å². The second-order valence-corrected chi connectivity index (χ2v) is 18.1. The van der Waals surface area contributed by atoms with Gasteiger partial charge >= 0.3 is 5.97 Å². The molecule has 0 aromatic carbocycles. The van der Waals surface area contributed by atoms with Crippen LogP contribution in [0.2, 0.25) is 0 Å². The Morgan fingerprint density at radius 1 is 0.841 bits per heavy atom. The van der Waals surface area contributed by atoms with Crippen LogP contribution < -0.4 is 0 Å². The molecule has 0 aromatic rings. The Morgan fingerprint density at radius 3 is 2.16 bits per heavy atom. The van der Waals surface area contributed by atoms with Gasteiger partial charge in [-0.15, -0.1) is 0 Å². The van der Waals surface area contributed by atoms with E-state index in [1.165, 1.54) is 19.3 Å². The summed E-state index contributed by atoms with van der Waals surface area (Å²) in [6, 6.07) is 0. The molecule has 4 rings (SSSR count). The fourth-order valence-corrected chi connectivity index (χ4v) is 11.9. The monoisotopic (exact) mass is 619 g/mol. The Kier molecular flexibility index (Phi) is 10.8. The van der Waals surface area contributed by atoms with Gasteiger partial charge in [0.15, 0.2) is 0 Å².